The molecular formula is C29H36N8O2. The number of nitrogens with two attached hydrogens (primary N) is 1. The fourth-order valence-electron chi connectivity index (χ4n) is 6.19. The van der Waals surface area contributed by atoms with Crippen LogP contribution >= 0.6 is 0 Å². The number of anilines is 1. The highest BCUT2D eigenvalue weighted by atomic mass is 16.2. The highest BCUT2D eigenvalue weighted by Crippen LogP contribution is 2.29. The van der Waals surface area contributed by atoms with Gasteiger partial charge in [-0.1, -0.05) is 12.1 Å². The molecule has 1 amide bonds. The standard InChI is InChI=1S/C29H36N8O2/c30-27-17-21(5-11-31-27)20-36-25-3-1-2-4-26(25)37(29(36)39)24-9-15-35(16-10-24)28(38)23-7-13-34(14-8-23)19-22-6-12-32-33-18-22/h1-6,11-12,17-18,23-24,32-33H,7-10,13-16,19-20H2,(H2,30,31). The van der Waals surface area contributed by atoms with Crippen LogP contribution in [0.1, 0.15) is 37.3 Å². The molecule has 3 aromatic rings. The molecule has 10 nitrogen and oxygen atoms in total. The first-order valence-electron chi connectivity index (χ1n) is 13.8. The maximum Gasteiger partial charge on any atom is 0.329 e. The predicted molar refractivity (Wildman–Crippen MR) is 151 cm³/mol. The van der Waals surface area contributed by atoms with Crippen LogP contribution < -0.4 is 22.3 Å². The van der Waals surface area contributed by atoms with E-state index in [1.807, 2.05) is 62.8 Å². The van der Waals surface area contributed by atoms with Gasteiger partial charge in [-0.25, -0.2) is 9.78 Å². The summed E-state index contributed by atoms with van der Waals surface area (Å²) >= 11 is 0. The molecule has 0 spiro atoms. The Morgan fingerprint density at radius 1 is 0.974 bits per heavy atom. The molecule has 6 rings (SSSR count). The molecule has 2 fully saturated rings. The van der Waals surface area contributed by atoms with Gasteiger partial charge in [0.2, 0.25) is 5.91 Å². The Labute approximate surface area is 227 Å². The summed E-state index contributed by atoms with van der Waals surface area (Å²) in [7, 11) is 0. The number of piperidine rings is 2. The zero-order valence-electron chi connectivity index (χ0n) is 22.1. The maximum atomic E-state index is 13.7. The van der Waals surface area contributed by atoms with E-state index in [1.165, 1.54) is 5.57 Å². The summed E-state index contributed by atoms with van der Waals surface area (Å²) in [6.07, 6.45) is 11.0. The van der Waals surface area contributed by atoms with Crippen molar-refractivity contribution < 1.29 is 4.79 Å². The lowest BCUT2D eigenvalue weighted by atomic mass is 9.93. The zero-order chi connectivity index (χ0) is 26.8. The van der Waals surface area contributed by atoms with Crippen LogP contribution in [-0.2, 0) is 11.3 Å². The first-order chi connectivity index (χ1) is 19.1. The lowest BCUT2D eigenvalue weighted by Crippen LogP contribution is -2.46. The van der Waals surface area contributed by atoms with Crippen molar-refractivity contribution in [2.24, 2.45) is 5.92 Å². The molecular weight excluding hydrogens is 492 g/mol. The van der Waals surface area contributed by atoms with E-state index in [-0.39, 0.29) is 23.6 Å². The van der Waals surface area contributed by atoms with E-state index < -0.39 is 0 Å². The number of fused-ring (bicyclic) bond motifs is 1. The molecule has 2 saturated heterocycles. The Balaban J connectivity index is 1.10. The van der Waals surface area contributed by atoms with Crippen molar-refractivity contribution in [1.82, 2.24) is 34.8 Å². The second-order valence-corrected chi connectivity index (χ2v) is 10.8. The fourth-order valence-corrected chi connectivity index (χ4v) is 6.19. The normalized spacial score (nSPS) is 19.1. The molecule has 204 valence electrons. The Hall–Kier alpha value is -4.05. The van der Waals surface area contributed by atoms with Crippen molar-refractivity contribution in [3.63, 3.8) is 0 Å². The van der Waals surface area contributed by atoms with Crippen LogP contribution in [0.2, 0.25) is 0 Å². The smallest absolute Gasteiger partial charge is 0.329 e. The van der Waals surface area contributed by atoms with Crippen LogP contribution in [0, 0.1) is 5.92 Å². The average Bonchev–Trinajstić information content (AvgIpc) is 3.24. The third-order valence-corrected chi connectivity index (χ3v) is 8.26. The minimum Gasteiger partial charge on any atom is -0.384 e. The van der Waals surface area contributed by atoms with Gasteiger partial charge in [0.25, 0.3) is 0 Å². The van der Waals surface area contributed by atoms with E-state index in [2.05, 4.69) is 26.8 Å². The molecule has 3 aliphatic rings. The molecule has 0 atom stereocenters. The number of hydrazine groups is 1. The number of amides is 1. The van der Waals surface area contributed by atoms with Crippen molar-refractivity contribution in [2.45, 2.75) is 38.3 Å². The lowest BCUT2D eigenvalue weighted by Gasteiger charge is -2.37. The van der Waals surface area contributed by atoms with Crippen LogP contribution in [0.3, 0.4) is 0 Å². The maximum absolute atomic E-state index is 13.7. The highest BCUT2D eigenvalue weighted by Gasteiger charge is 2.32. The lowest BCUT2D eigenvalue weighted by molar-refractivity contribution is -0.138. The number of para-hydroxylation sites is 2. The van der Waals surface area contributed by atoms with Crippen molar-refractivity contribution in [2.75, 3.05) is 38.5 Å². The quantitative estimate of drug-likeness (QED) is 0.450. The third kappa shape index (κ3) is 5.29. The first kappa shape index (κ1) is 25.2. The van der Waals surface area contributed by atoms with Gasteiger partial charge in [0.1, 0.15) is 5.82 Å². The van der Waals surface area contributed by atoms with Crippen LogP contribution in [0.15, 0.2) is 71.4 Å². The number of aromatic nitrogens is 3. The number of nitrogen functional groups attached to an aromatic ring is 1. The van der Waals surface area contributed by atoms with Gasteiger partial charge < -0.3 is 21.5 Å². The number of nitrogens with zero attached hydrogens (tertiary/aromatic N) is 5. The Bertz CT molecular complexity index is 1460. The zero-order valence-corrected chi connectivity index (χ0v) is 22.1. The van der Waals surface area contributed by atoms with Gasteiger partial charge in [0, 0.05) is 50.2 Å². The van der Waals surface area contributed by atoms with E-state index in [0.717, 1.165) is 61.9 Å². The predicted octanol–water partition coefficient (Wildman–Crippen LogP) is 2.21. The molecule has 0 bridgehead atoms. The Kier molecular flexibility index (Phi) is 7.10. The highest BCUT2D eigenvalue weighted by molar-refractivity contribution is 5.79. The van der Waals surface area contributed by atoms with Crippen molar-refractivity contribution in [3.05, 3.63) is 82.7 Å². The van der Waals surface area contributed by atoms with Crippen molar-refractivity contribution in [3.8, 4) is 0 Å². The third-order valence-electron chi connectivity index (χ3n) is 8.26. The van der Waals surface area contributed by atoms with Crippen molar-refractivity contribution >= 4 is 22.8 Å². The molecule has 10 heteroatoms. The van der Waals surface area contributed by atoms with Gasteiger partial charge in [-0.2, -0.15) is 0 Å². The second kappa shape index (κ2) is 11.0. The minimum absolute atomic E-state index is 0.0161. The van der Waals surface area contributed by atoms with Crippen molar-refractivity contribution in [1.29, 1.82) is 0 Å². The monoisotopic (exact) mass is 528 g/mol. The van der Waals surface area contributed by atoms with Crippen LogP contribution in [0.25, 0.3) is 11.0 Å². The van der Waals surface area contributed by atoms with Gasteiger partial charge >= 0.3 is 5.69 Å². The first-order valence-corrected chi connectivity index (χ1v) is 13.8. The number of benzene rings is 1. The Morgan fingerprint density at radius 3 is 2.46 bits per heavy atom. The van der Waals surface area contributed by atoms with E-state index >= 15 is 0 Å². The number of hydrogen-bond acceptors (Lipinski definition) is 7. The van der Waals surface area contributed by atoms with Crippen LogP contribution in [-0.4, -0.2) is 62.5 Å². The summed E-state index contributed by atoms with van der Waals surface area (Å²) < 4.78 is 3.76. The average molecular weight is 529 g/mol. The summed E-state index contributed by atoms with van der Waals surface area (Å²) in [6.45, 7) is 4.58. The number of hydrogen-bond donors (Lipinski definition) is 3. The number of carbonyl (C=O) groups is 1. The molecule has 5 heterocycles. The van der Waals surface area contributed by atoms with E-state index in [0.29, 0.717) is 25.5 Å². The van der Waals surface area contributed by atoms with Crippen LogP contribution in [0.4, 0.5) is 5.82 Å². The van der Waals surface area contributed by atoms with E-state index in [4.69, 9.17) is 5.73 Å². The topological polar surface area (TPSA) is 113 Å². The van der Waals surface area contributed by atoms with Crippen LogP contribution in [0.5, 0.6) is 0 Å². The summed E-state index contributed by atoms with van der Waals surface area (Å²) in [5.74, 6) is 0.812. The molecule has 3 aliphatic heterocycles. The molecule has 4 N–H and O–H groups in total. The van der Waals surface area contributed by atoms with Gasteiger partial charge in [-0.05, 0) is 80.3 Å². The largest absolute Gasteiger partial charge is 0.384 e. The molecule has 0 radical (unpaired) electrons. The Morgan fingerprint density at radius 2 is 1.74 bits per heavy atom. The van der Waals surface area contributed by atoms with Gasteiger partial charge in [0.15, 0.2) is 0 Å². The number of imidazole rings is 1. The minimum atomic E-state index is -0.0161. The number of likely N-dealkylation sites (tertiary alicyclic amines) is 2. The van der Waals surface area contributed by atoms with E-state index in [1.54, 1.807) is 6.20 Å². The number of carbonyl (C=O) groups excluding carboxylic acids is 1. The molecule has 2 aromatic heterocycles. The molecule has 0 aliphatic carbocycles. The molecule has 39 heavy (non-hydrogen) atoms. The van der Waals surface area contributed by atoms with Gasteiger partial charge in [-0.3, -0.25) is 18.8 Å². The van der Waals surface area contributed by atoms with Gasteiger partial charge in [-0.15, -0.1) is 0 Å². The molecule has 1 aromatic carbocycles. The SMILES string of the molecule is Nc1cc(Cn2c(=O)n(C3CCN(C(=O)C4CCN(CC5=CNNC=C5)CC4)CC3)c3ccccc32)ccn1. The van der Waals surface area contributed by atoms with E-state index in [9.17, 15) is 9.59 Å². The summed E-state index contributed by atoms with van der Waals surface area (Å²) in [5.41, 5.74) is 15.9. The number of pyridine rings is 1. The summed E-state index contributed by atoms with van der Waals surface area (Å²) in [4.78, 5) is 35.6. The fraction of sp³-hybridized carbons (Fsp3) is 0.414. The van der Waals surface area contributed by atoms with Gasteiger partial charge in [0.05, 0.1) is 17.6 Å². The second-order valence-electron chi connectivity index (χ2n) is 10.8. The summed E-state index contributed by atoms with van der Waals surface area (Å²) in [6, 6.07) is 11.7. The molecule has 0 unspecified atom stereocenters. The number of nitrogens with one attached hydrogen (secondary N) is 2. The molecule has 0 saturated carbocycles. The number of rotatable bonds is 6. The summed E-state index contributed by atoms with van der Waals surface area (Å²) in [5, 5.41) is 0.